The summed E-state index contributed by atoms with van der Waals surface area (Å²) in [5.74, 6) is 1.88. The van der Waals surface area contributed by atoms with Crippen LogP contribution in [0.15, 0.2) is 42.5 Å². The van der Waals surface area contributed by atoms with Gasteiger partial charge in [-0.15, -0.1) is 0 Å². The standard InChI is InChI=1S/C22H24N2O4/c1-15(2)22(17-7-8-19-20(12-17)27-10-4-9-26-19)24-21(25)14-28-18-6-3-5-16(11-18)13-23/h3,5-8,11-12,15,22H,4,9-10,14H2,1-2H3,(H,24,25). The van der Waals surface area contributed by atoms with E-state index in [-0.39, 0.29) is 24.5 Å². The number of benzene rings is 2. The van der Waals surface area contributed by atoms with Crippen LogP contribution in [-0.2, 0) is 4.79 Å². The van der Waals surface area contributed by atoms with Crippen molar-refractivity contribution in [2.45, 2.75) is 26.3 Å². The summed E-state index contributed by atoms with van der Waals surface area (Å²) in [7, 11) is 0. The highest BCUT2D eigenvalue weighted by Crippen LogP contribution is 2.34. The van der Waals surface area contributed by atoms with Crippen molar-refractivity contribution in [1.29, 1.82) is 5.26 Å². The Bertz CT molecular complexity index is 873. The van der Waals surface area contributed by atoms with E-state index in [1.807, 2.05) is 32.0 Å². The minimum atomic E-state index is -0.229. The van der Waals surface area contributed by atoms with E-state index < -0.39 is 0 Å². The molecular weight excluding hydrogens is 356 g/mol. The first-order chi connectivity index (χ1) is 13.6. The van der Waals surface area contributed by atoms with Crippen molar-refractivity contribution in [2.24, 2.45) is 5.92 Å². The first-order valence-corrected chi connectivity index (χ1v) is 9.38. The van der Waals surface area contributed by atoms with Crippen molar-refractivity contribution >= 4 is 5.91 Å². The van der Waals surface area contributed by atoms with Gasteiger partial charge in [0.25, 0.3) is 5.91 Å². The second kappa shape index (κ2) is 9.14. The molecule has 0 spiro atoms. The molecule has 0 saturated heterocycles. The van der Waals surface area contributed by atoms with Crippen molar-refractivity contribution in [3.05, 3.63) is 53.6 Å². The van der Waals surface area contributed by atoms with Gasteiger partial charge in [-0.3, -0.25) is 4.79 Å². The van der Waals surface area contributed by atoms with E-state index in [1.165, 1.54) is 0 Å². The molecule has 1 heterocycles. The Kier molecular flexibility index (Phi) is 6.38. The lowest BCUT2D eigenvalue weighted by molar-refractivity contribution is -0.124. The second-order valence-electron chi connectivity index (χ2n) is 6.97. The molecule has 6 nitrogen and oxygen atoms in total. The van der Waals surface area contributed by atoms with Crippen LogP contribution in [0, 0.1) is 17.2 Å². The smallest absolute Gasteiger partial charge is 0.258 e. The van der Waals surface area contributed by atoms with Gasteiger partial charge in [0.1, 0.15) is 5.75 Å². The topological polar surface area (TPSA) is 80.6 Å². The van der Waals surface area contributed by atoms with Crippen molar-refractivity contribution in [2.75, 3.05) is 19.8 Å². The molecular formula is C22H24N2O4. The van der Waals surface area contributed by atoms with Crippen LogP contribution in [0.1, 0.15) is 37.4 Å². The SMILES string of the molecule is CC(C)C(NC(=O)COc1cccc(C#N)c1)c1ccc2c(c1)OCCCO2. The van der Waals surface area contributed by atoms with Gasteiger partial charge in [0.15, 0.2) is 18.1 Å². The number of nitrogens with zero attached hydrogens (tertiary/aromatic N) is 1. The number of carbonyl (C=O) groups is 1. The molecule has 1 atom stereocenters. The average Bonchev–Trinajstić information content (AvgIpc) is 2.95. The van der Waals surface area contributed by atoms with Gasteiger partial charge in [-0.2, -0.15) is 5.26 Å². The molecule has 28 heavy (non-hydrogen) atoms. The lowest BCUT2D eigenvalue weighted by atomic mass is 9.95. The van der Waals surface area contributed by atoms with Gasteiger partial charge >= 0.3 is 0 Å². The Hall–Kier alpha value is -3.20. The van der Waals surface area contributed by atoms with E-state index in [9.17, 15) is 4.79 Å². The summed E-state index contributed by atoms with van der Waals surface area (Å²) in [5, 5.41) is 12.0. The Morgan fingerprint density at radius 2 is 1.96 bits per heavy atom. The quantitative estimate of drug-likeness (QED) is 0.828. The Morgan fingerprint density at radius 1 is 1.18 bits per heavy atom. The molecule has 146 valence electrons. The second-order valence-corrected chi connectivity index (χ2v) is 6.97. The number of fused-ring (bicyclic) bond motifs is 1. The molecule has 2 aromatic rings. The largest absolute Gasteiger partial charge is 0.490 e. The van der Waals surface area contributed by atoms with Gasteiger partial charge in [-0.25, -0.2) is 0 Å². The number of ether oxygens (including phenoxy) is 3. The number of hydrogen-bond donors (Lipinski definition) is 1. The molecule has 0 saturated carbocycles. The van der Waals surface area contributed by atoms with Crippen LogP contribution < -0.4 is 19.5 Å². The van der Waals surface area contributed by atoms with Crippen LogP contribution in [0.25, 0.3) is 0 Å². The minimum absolute atomic E-state index is 0.122. The predicted molar refractivity (Wildman–Crippen MR) is 104 cm³/mol. The molecule has 1 aliphatic rings. The molecule has 1 aliphatic heterocycles. The maximum atomic E-state index is 12.4. The van der Waals surface area contributed by atoms with Gasteiger partial charge in [-0.05, 0) is 41.8 Å². The fourth-order valence-corrected chi connectivity index (χ4v) is 3.03. The molecule has 0 aromatic heterocycles. The summed E-state index contributed by atoms with van der Waals surface area (Å²) in [4.78, 5) is 12.4. The van der Waals surface area contributed by atoms with E-state index in [4.69, 9.17) is 19.5 Å². The monoisotopic (exact) mass is 380 g/mol. The molecule has 0 bridgehead atoms. The summed E-state index contributed by atoms with van der Waals surface area (Å²) in [6.45, 7) is 5.23. The number of amides is 1. The van der Waals surface area contributed by atoms with Gasteiger partial charge in [0.05, 0.1) is 30.9 Å². The predicted octanol–water partition coefficient (Wildman–Crippen LogP) is 3.61. The van der Waals surface area contributed by atoms with Gasteiger partial charge in [0.2, 0.25) is 0 Å². The van der Waals surface area contributed by atoms with E-state index in [0.29, 0.717) is 30.3 Å². The van der Waals surface area contributed by atoms with Crippen molar-refractivity contribution in [3.8, 4) is 23.3 Å². The lowest BCUT2D eigenvalue weighted by Gasteiger charge is -2.24. The summed E-state index contributed by atoms with van der Waals surface area (Å²) in [5.41, 5.74) is 1.45. The average molecular weight is 380 g/mol. The van der Waals surface area contributed by atoms with Crippen LogP contribution in [0.5, 0.6) is 17.2 Å². The van der Waals surface area contributed by atoms with Gasteiger partial charge < -0.3 is 19.5 Å². The lowest BCUT2D eigenvalue weighted by Crippen LogP contribution is -2.35. The van der Waals surface area contributed by atoms with Gasteiger partial charge in [0, 0.05) is 6.42 Å². The molecule has 2 aromatic carbocycles. The summed E-state index contributed by atoms with van der Waals surface area (Å²) in [6, 6.07) is 14.4. The zero-order valence-corrected chi connectivity index (χ0v) is 16.1. The third kappa shape index (κ3) is 4.95. The highest BCUT2D eigenvalue weighted by molar-refractivity contribution is 5.78. The molecule has 0 radical (unpaired) electrons. The van der Waals surface area contributed by atoms with Crippen molar-refractivity contribution < 1.29 is 19.0 Å². The van der Waals surface area contributed by atoms with Crippen molar-refractivity contribution in [3.63, 3.8) is 0 Å². The first-order valence-electron chi connectivity index (χ1n) is 9.38. The van der Waals surface area contributed by atoms with E-state index in [2.05, 4.69) is 11.4 Å². The third-order valence-corrected chi connectivity index (χ3v) is 4.45. The number of nitrogens with one attached hydrogen (secondary N) is 1. The molecule has 1 unspecified atom stereocenters. The summed E-state index contributed by atoms with van der Waals surface area (Å²) >= 11 is 0. The number of rotatable bonds is 6. The molecule has 3 rings (SSSR count). The highest BCUT2D eigenvalue weighted by Gasteiger charge is 2.21. The Morgan fingerprint density at radius 3 is 2.71 bits per heavy atom. The number of hydrogen-bond acceptors (Lipinski definition) is 5. The molecule has 1 N–H and O–H groups in total. The summed E-state index contributed by atoms with van der Waals surface area (Å²) in [6.07, 6.45) is 0.846. The summed E-state index contributed by atoms with van der Waals surface area (Å²) < 4.78 is 17.0. The first kappa shape index (κ1) is 19.6. The normalized spacial score (nSPS) is 13.9. The van der Waals surface area contributed by atoms with Crippen LogP contribution in [0.3, 0.4) is 0 Å². The fraction of sp³-hybridized carbons (Fsp3) is 0.364. The minimum Gasteiger partial charge on any atom is -0.490 e. The zero-order chi connectivity index (χ0) is 19.9. The zero-order valence-electron chi connectivity index (χ0n) is 16.1. The Balaban J connectivity index is 1.66. The number of carbonyl (C=O) groups excluding carboxylic acids is 1. The van der Waals surface area contributed by atoms with Crippen molar-refractivity contribution in [1.82, 2.24) is 5.32 Å². The van der Waals surface area contributed by atoms with Crippen LogP contribution >= 0.6 is 0 Å². The third-order valence-electron chi connectivity index (χ3n) is 4.45. The molecule has 0 fully saturated rings. The van der Waals surface area contributed by atoms with E-state index in [0.717, 1.165) is 17.7 Å². The van der Waals surface area contributed by atoms with Crippen LogP contribution in [0.4, 0.5) is 0 Å². The highest BCUT2D eigenvalue weighted by atomic mass is 16.5. The van der Waals surface area contributed by atoms with E-state index in [1.54, 1.807) is 24.3 Å². The van der Waals surface area contributed by atoms with Crippen LogP contribution in [0.2, 0.25) is 0 Å². The van der Waals surface area contributed by atoms with Gasteiger partial charge in [-0.1, -0.05) is 26.0 Å². The maximum Gasteiger partial charge on any atom is 0.258 e. The maximum absolute atomic E-state index is 12.4. The molecule has 0 aliphatic carbocycles. The molecule has 6 heteroatoms. The Labute approximate surface area is 165 Å². The fourth-order valence-electron chi connectivity index (χ4n) is 3.03. The molecule has 1 amide bonds. The number of nitriles is 1. The van der Waals surface area contributed by atoms with Crippen LogP contribution in [-0.4, -0.2) is 25.7 Å². The van der Waals surface area contributed by atoms with E-state index >= 15 is 0 Å².